The quantitative estimate of drug-likeness (QED) is 0.352. The standard InChI is InChI=1S/C23H22BrClF3N5O/c24-21-15-2-1-9-30-18(15)19(32-14-6-4-13(29)5-7-14)20(33-21)22(34)31-11-12-3-8-17(25)16(10-12)23(26,27)28/h1-3,8-10,13-14,32H,4-7,11,29H2,(H,31,34). The molecule has 1 aliphatic rings. The third-order valence-corrected chi connectivity index (χ3v) is 6.77. The molecule has 11 heteroatoms. The predicted molar refractivity (Wildman–Crippen MR) is 129 cm³/mol. The van der Waals surface area contributed by atoms with Crippen LogP contribution in [0.15, 0.2) is 41.1 Å². The molecule has 4 rings (SSSR count). The zero-order chi connectivity index (χ0) is 24.5. The van der Waals surface area contributed by atoms with Crippen LogP contribution < -0.4 is 16.4 Å². The number of benzene rings is 1. The first-order chi connectivity index (χ1) is 16.1. The van der Waals surface area contributed by atoms with E-state index in [0.717, 1.165) is 37.1 Å². The molecule has 1 aliphatic carbocycles. The van der Waals surface area contributed by atoms with Gasteiger partial charge in [-0.3, -0.25) is 9.78 Å². The smallest absolute Gasteiger partial charge is 0.379 e. The number of hydrogen-bond donors (Lipinski definition) is 3. The number of fused-ring (bicyclic) bond motifs is 1. The van der Waals surface area contributed by atoms with E-state index in [1.165, 1.54) is 12.1 Å². The van der Waals surface area contributed by atoms with Gasteiger partial charge >= 0.3 is 6.18 Å². The molecule has 34 heavy (non-hydrogen) atoms. The lowest BCUT2D eigenvalue weighted by molar-refractivity contribution is -0.137. The maximum Gasteiger partial charge on any atom is 0.417 e. The SMILES string of the molecule is NC1CCC(Nc2c(C(=O)NCc3ccc(Cl)c(C(F)(F)F)c3)nc(Br)c3cccnc23)CC1. The van der Waals surface area contributed by atoms with Crippen LogP contribution in [0.2, 0.25) is 5.02 Å². The molecule has 1 fully saturated rings. The monoisotopic (exact) mass is 555 g/mol. The molecule has 0 aliphatic heterocycles. The van der Waals surface area contributed by atoms with Gasteiger partial charge in [0.15, 0.2) is 5.69 Å². The second-order valence-electron chi connectivity index (χ2n) is 8.28. The summed E-state index contributed by atoms with van der Waals surface area (Å²) in [4.78, 5) is 22.0. The molecular weight excluding hydrogens is 535 g/mol. The lowest BCUT2D eigenvalue weighted by Gasteiger charge is -2.28. The molecule has 2 heterocycles. The number of pyridine rings is 2. The Morgan fingerprint density at radius 1 is 1.21 bits per heavy atom. The summed E-state index contributed by atoms with van der Waals surface area (Å²) in [6.07, 6.45) is 0.465. The lowest BCUT2D eigenvalue weighted by Crippen LogP contribution is -2.34. The van der Waals surface area contributed by atoms with Gasteiger partial charge in [0.25, 0.3) is 5.91 Å². The fourth-order valence-corrected chi connectivity index (χ4v) is 4.75. The number of nitrogens with one attached hydrogen (secondary N) is 2. The van der Waals surface area contributed by atoms with Crippen LogP contribution in [0, 0.1) is 0 Å². The minimum absolute atomic E-state index is 0.102. The summed E-state index contributed by atoms with van der Waals surface area (Å²) in [6, 6.07) is 7.42. The van der Waals surface area contributed by atoms with Crippen LogP contribution in [-0.4, -0.2) is 28.0 Å². The van der Waals surface area contributed by atoms with Gasteiger partial charge < -0.3 is 16.4 Å². The topological polar surface area (TPSA) is 92.9 Å². The van der Waals surface area contributed by atoms with Crippen LogP contribution in [-0.2, 0) is 12.7 Å². The number of aromatic nitrogens is 2. The molecule has 3 aromatic rings. The fraction of sp³-hybridized carbons (Fsp3) is 0.348. The average molecular weight is 557 g/mol. The van der Waals surface area contributed by atoms with E-state index in [1.54, 1.807) is 12.3 Å². The molecular formula is C23H22BrClF3N5O. The Bertz CT molecular complexity index is 1220. The van der Waals surface area contributed by atoms with Crippen molar-refractivity contribution in [3.8, 4) is 0 Å². The highest BCUT2D eigenvalue weighted by Crippen LogP contribution is 2.35. The van der Waals surface area contributed by atoms with Gasteiger partial charge in [0.2, 0.25) is 0 Å². The molecule has 6 nitrogen and oxygen atoms in total. The molecule has 0 spiro atoms. The van der Waals surface area contributed by atoms with Gasteiger partial charge in [-0.25, -0.2) is 4.98 Å². The molecule has 0 radical (unpaired) electrons. The van der Waals surface area contributed by atoms with Crippen LogP contribution in [0.1, 0.15) is 47.3 Å². The van der Waals surface area contributed by atoms with Crippen LogP contribution in [0.3, 0.4) is 0 Å². The van der Waals surface area contributed by atoms with Crippen molar-refractivity contribution in [2.24, 2.45) is 5.73 Å². The van der Waals surface area contributed by atoms with Gasteiger partial charge in [-0.05, 0) is 71.4 Å². The normalized spacial score (nSPS) is 18.6. The number of halogens is 5. The summed E-state index contributed by atoms with van der Waals surface area (Å²) in [6.45, 7) is -0.129. The summed E-state index contributed by atoms with van der Waals surface area (Å²) < 4.78 is 40.0. The number of carbonyl (C=O) groups is 1. The number of hydrogen-bond acceptors (Lipinski definition) is 5. The van der Waals surface area contributed by atoms with Crippen molar-refractivity contribution in [2.45, 2.75) is 50.5 Å². The third kappa shape index (κ3) is 5.45. The molecule has 0 bridgehead atoms. The minimum Gasteiger partial charge on any atom is -0.379 e. The maximum absolute atomic E-state index is 13.2. The second-order valence-corrected chi connectivity index (χ2v) is 9.43. The average Bonchev–Trinajstić information content (AvgIpc) is 2.80. The fourth-order valence-electron chi connectivity index (χ4n) is 4.03. The number of anilines is 1. The van der Waals surface area contributed by atoms with Crippen molar-refractivity contribution >= 4 is 50.0 Å². The Balaban J connectivity index is 1.62. The number of alkyl halides is 3. The van der Waals surface area contributed by atoms with Crippen molar-refractivity contribution in [2.75, 3.05) is 5.32 Å². The molecule has 0 unspecified atom stereocenters. The summed E-state index contributed by atoms with van der Waals surface area (Å²) in [7, 11) is 0. The Kier molecular flexibility index (Phi) is 7.30. The summed E-state index contributed by atoms with van der Waals surface area (Å²) in [5.74, 6) is -0.535. The Labute approximate surface area is 207 Å². The Morgan fingerprint density at radius 2 is 1.94 bits per heavy atom. The van der Waals surface area contributed by atoms with E-state index in [-0.39, 0.29) is 29.9 Å². The molecule has 1 aromatic carbocycles. The highest BCUT2D eigenvalue weighted by atomic mass is 79.9. The van der Waals surface area contributed by atoms with Crippen molar-refractivity contribution in [3.63, 3.8) is 0 Å². The molecule has 0 atom stereocenters. The van der Waals surface area contributed by atoms with E-state index in [1.807, 2.05) is 6.07 Å². The van der Waals surface area contributed by atoms with E-state index in [4.69, 9.17) is 17.3 Å². The number of nitrogens with zero attached hydrogens (tertiary/aromatic N) is 2. The summed E-state index contributed by atoms with van der Waals surface area (Å²) >= 11 is 9.09. The van der Waals surface area contributed by atoms with Gasteiger partial charge in [-0.1, -0.05) is 17.7 Å². The van der Waals surface area contributed by atoms with Crippen LogP contribution >= 0.6 is 27.5 Å². The van der Waals surface area contributed by atoms with Crippen molar-refractivity contribution in [1.82, 2.24) is 15.3 Å². The highest BCUT2D eigenvalue weighted by Gasteiger charge is 2.33. The second kappa shape index (κ2) is 10.1. The molecule has 0 saturated heterocycles. The van der Waals surface area contributed by atoms with Gasteiger partial charge in [0.05, 0.1) is 21.8 Å². The van der Waals surface area contributed by atoms with E-state index in [9.17, 15) is 18.0 Å². The van der Waals surface area contributed by atoms with Gasteiger partial charge in [-0.2, -0.15) is 13.2 Å². The van der Waals surface area contributed by atoms with Crippen LogP contribution in [0.5, 0.6) is 0 Å². The first-order valence-electron chi connectivity index (χ1n) is 10.7. The molecule has 2 aromatic heterocycles. The number of rotatable bonds is 5. The number of amides is 1. The van der Waals surface area contributed by atoms with Crippen molar-refractivity contribution in [3.05, 3.63) is 63.0 Å². The molecule has 180 valence electrons. The lowest BCUT2D eigenvalue weighted by atomic mass is 9.91. The van der Waals surface area contributed by atoms with Gasteiger partial charge in [-0.15, -0.1) is 0 Å². The van der Waals surface area contributed by atoms with Crippen LogP contribution in [0.25, 0.3) is 10.9 Å². The van der Waals surface area contributed by atoms with Gasteiger partial charge in [0, 0.05) is 30.2 Å². The maximum atomic E-state index is 13.2. The van der Waals surface area contributed by atoms with Crippen molar-refractivity contribution < 1.29 is 18.0 Å². The minimum atomic E-state index is -4.59. The van der Waals surface area contributed by atoms with E-state index < -0.39 is 22.7 Å². The largest absolute Gasteiger partial charge is 0.417 e. The van der Waals surface area contributed by atoms with E-state index in [0.29, 0.717) is 15.8 Å². The first kappa shape index (κ1) is 24.7. The predicted octanol–water partition coefficient (Wildman–Crippen LogP) is 5.68. The summed E-state index contributed by atoms with van der Waals surface area (Å²) in [5, 5.41) is 6.44. The molecule has 1 amide bonds. The summed E-state index contributed by atoms with van der Waals surface area (Å²) in [5.41, 5.74) is 6.51. The van der Waals surface area contributed by atoms with E-state index in [2.05, 4.69) is 36.5 Å². The van der Waals surface area contributed by atoms with Crippen LogP contribution in [0.4, 0.5) is 18.9 Å². The highest BCUT2D eigenvalue weighted by molar-refractivity contribution is 9.10. The van der Waals surface area contributed by atoms with Crippen molar-refractivity contribution in [1.29, 1.82) is 0 Å². The Hall–Kier alpha value is -2.43. The molecule has 4 N–H and O–H groups in total. The van der Waals surface area contributed by atoms with Gasteiger partial charge in [0.1, 0.15) is 4.60 Å². The van der Waals surface area contributed by atoms with E-state index >= 15 is 0 Å². The molecule has 1 saturated carbocycles. The Morgan fingerprint density at radius 3 is 2.65 bits per heavy atom. The zero-order valence-corrected chi connectivity index (χ0v) is 20.3. The third-order valence-electron chi connectivity index (χ3n) is 5.84. The first-order valence-corrected chi connectivity index (χ1v) is 11.9. The number of carbonyl (C=O) groups excluding carboxylic acids is 1. The zero-order valence-electron chi connectivity index (χ0n) is 17.9. The number of nitrogens with two attached hydrogens (primary N) is 1.